The lowest BCUT2D eigenvalue weighted by molar-refractivity contribution is 0.0184. The van der Waals surface area contributed by atoms with Crippen LogP contribution in [0.3, 0.4) is 0 Å². The van der Waals surface area contributed by atoms with Crippen molar-refractivity contribution in [2.45, 2.75) is 25.3 Å². The van der Waals surface area contributed by atoms with Gasteiger partial charge in [-0.1, -0.05) is 6.42 Å². The van der Waals surface area contributed by atoms with Gasteiger partial charge in [0.25, 0.3) is 0 Å². The van der Waals surface area contributed by atoms with Crippen LogP contribution in [-0.2, 0) is 0 Å². The van der Waals surface area contributed by atoms with Crippen LogP contribution in [0.1, 0.15) is 30.9 Å². The summed E-state index contributed by atoms with van der Waals surface area (Å²) in [6.07, 6.45) is 6.75. The predicted octanol–water partition coefficient (Wildman–Crippen LogP) is 1.24. The van der Waals surface area contributed by atoms with E-state index in [2.05, 4.69) is 4.98 Å². The second kappa shape index (κ2) is 3.67. The van der Waals surface area contributed by atoms with Crippen LogP contribution in [0.2, 0.25) is 0 Å². The SMILES string of the molecule is NC(c1ccncc1)C1(CO)CCC1. The molecule has 2 rings (SSSR count). The molecule has 0 saturated heterocycles. The van der Waals surface area contributed by atoms with Crippen LogP contribution in [0.15, 0.2) is 24.5 Å². The maximum atomic E-state index is 9.37. The first kappa shape index (κ1) is 9.62. The van der Waals surface area contributed by atoms with Crippen molar-refractivity contribution in [2.24, 2.45) is 11.1 Å². The molecule has 1 aromatic rings. The first-order valence-corrected chi connectivity index (χ1v) is 5.05. The summed E-state index contributed by atoms with van der Waals surface area (Å²) in [6.45, 7) is 0.191. The Balaban J connectivity index is 2.19. The second-order valence-electron chi connectivity index (χ2n) is 4.13. The van der Waals surface area contributed by atoms with E-state index in [1.165, 1.54) is 6.42 Å². The lowest BCUT2D eigenvalue weighted by Gasteiger charge is -2.45. The number of nitrogens with two attached hydrogens (primary N) is 1. The molecule has 0 radical (unpaired) electrons. The molecule has 0 aliphatic heterocycles. The van der Waals surface area contributed by atoms with Crippen LogP contribution in [0.5, 0.6) is 0 Å². The average Bonchev–Trinajstić information content (AvgIpc) is 2.18. The fraction of sp³-hybridized carbons (Fsp3) is 0.545. The molecule has 0 aromatic carbocycles. The Bertz CT molecular complexity index is 290. The summed E-state index contributed by atoms with van der Waals surface area (Å²) in [5.41, 5.74) is 7.17. The van der Waals surface area contributed by atoms with Crippen LogP contribution in [0, 0.1) is 5.41 Å². The second-order valence-corrected chi connectivity index (χ2v) is 4.13. The number of nitrogens with zero attached hydrogens (tertiary/aromatic N) is 1. The van der Waals surface area contributed by atoms with E-state index in [0.717, 1.165) is 18.4 Å². The number of aliphatic hydroxyl groups is 1. The first-order valence-electron chi connectivity index (χ1n) is 5.05. The topological polar surface area (TPSA) is 59.1 Å². The lowest BCUT2D eigenvalue weighted by Crippen LogP contribution is -2.43. The van der Waals surface area contributed by atoms with Gasteiger partial charge in [0, 0.05) is 23.9 Å². The molecule has 0 bridgehead atoms. The van der Waals surface area contributed by atoms with Gasteiger partial charge in [0.2, 0.25) is 0 Å². The molecule has 3 heteroatoms. The standard InChI is InChI=1S/C11H16N2O/c12-10(9-2-6-13-7-3-9)11(8-14)4-1-5-11/h2-3,6-7,10,14H,1,4-5,8,12H2. The molecule has 76 valence electrons. The lowest BCUT2D eigenvalue weighted by atomic mass is 9.63. The fourth-order valence-corrected chi connectivity index (χ4v) is 2.12. The number of aromatic nitrogens is 1. The van der Waals surface area contributed by atoms with Gasteiger partial charge in [0.1, 0.15) is 0 Å². The summed E-state index contributed by atoms with van der Waals surface area (Å²) >= 11 is 0. The van der Waals surface area contributed by atoms with E-state index in [1.54, 1.807) is 12.4 Å². The van der Waals surface area contributed by atoms with Gasteiger partial charge in [-0.25, -0.2) is 0 Å². The molecule has 1 atom stereocenters. The smallest absolute Gasteiger partial charge is 0.0505 e. The fourth-order valence-electron chi connectivity index (χ4n) is 2.12. The maximum absolute atomic E-state index is 9.37. The van der Waals surface area contributed by atoms with E-state index in [0.29, 0.717) is 0 Å². The van der Waals surface area contributed by atoms with Gasteiger partial charge in [-0.2, -0.15) is 0 Å². The van der Waals surface area contributed by atoms with Gasteiger partial charge in [0.05, 0.1) is 6.61 Å². The summed E-state index contributed by atoms with van der Waals surface area (Å²) in [7, 11) is 0. The van der Waals surface area contributed by atoms with E-state index < -0.39 is 0 Å². The minimum absolute atomic E-state index is 0.0516. The number of aliphatic hydroxyl groups excluding tert-OH is 1. The number of hydrogen-bond acceptors (Lipinski definition) is 3. The minimum atomic E-state index is -0.0681. The molecule has 1 heterocycles. The molecule has 14 heavy (non-hydrogen) atoms. The summed E-state index contributed by atoms with van der Waals surface area (Å²) < 4.78 is 0. The van der Waals surface area contributed by atoms with E-state index in [1.807, 2.05) is 12.1 Å². The molecule has 1 saturated carbocycles. The third-order valence-electron chi connectivity index (χ3n) is 3.39. The van der Waals surface area contributed by atoms with Gasteiger partial charge < -0.3 is 10.8 Å². The Morgan fingerprint density at radius 1 is 1.43 bits per heavy atom. The molecule has 1 aliphatic rings. The Labute approximate surface area is 84.0 Å². The highest BCUT2D eigenvalue weighted by molar-refractivity contribution is 5.19. The summed E-state index contributed by atoms with van der Waals surface area (Å²) in [4.78, 5) is 3.96. The van der Waals surface area contributed by atoms with Gasteiger partial charge in [-0.3, -0.25) is 4.98 Å². The van der Waals surface area contributed by atoms with E-state index in [9.17, 15) is 5.11 Å². The Kier molecular flexibility index (Phi) is 2.52. The normalized spacial score (nSPS) is 21.3. The number of rotatable bonds is 3. The Morgan fingerprint density at radius 2 is 2.07 bits per heavy atom. The number of hydrogen-bond donors (Lipinski definition) is 2. The van der Waals surface area contributed by atoms with Crippen molar-refractivity contribution < 1.29 is 5.11 Å². The first-order chi connectivity index (χ1) is 6.78. The summed E-state index contributed by atoms with van der Waals surface area (Å²) in [6, 6.07) is 3.81. The van der Waals surface area contributed by atoms with Crippen LogP contribution in [0.4, 0.5) is 0 Å². The van der Waals surface area contributed by atoms with Gasteiger partial charge in [-0.15, -0.1) is 0 Å². The van der Waals surface area contributed by atoms with Crippen molar-refractivity contribution in [3.8, 4) is 0 Å². The van der Waals surface area contributed by atoms with Crippen LogP contribution in [-0.4, -0.2) is 16.7 Å². The highest BCUT2D eigenvalue weighted by Gasteiger charge is 2.42. The van der Waals surface area contributed by atoms with Crippen LogP contribution < -0.4 is 5.73 Å². The molecule has 3 N–H and O–H groups in total. The van der Waals surface area contributed by atoms with E-state index >= 15 is 0 Å². The van der Waals surface area contributed by atoms with Crippen molar-refractivity contribution in [3.63, 3.8) is 0 Å². The Hall–Kier alpha value is -0.930. The maximum Gasteiger partial charge on any atom is 0.0505 e. The van der Waals surface area contributed by atoms with Crippen molar-refractivity contribution >= 4 is 0 Å². The Morgan fingerprint density at radius 3 is 2.50 bits per heavy atom. The molecule has 1 aliphatic carbocycles. The summed E-state index contributed by atoms with van der Waals surface area (Å²) in [5.74, 6) is 0. The molecular weight excluding hydrogens is 176 g/mol. The predicted molar refractivity (Wildman–Crippen MR) is 54.5 cm³/mol. The molecule has 0 amide bonds. The third-order valence-corrected chi connectivity index (χ3v) is 3.39. The number of pyridine rings is 1. The van der Waals surface area contributed by atoms with E-state index in [4.69, 9.17) is 5.73 Å². The molecular formula is C11H16N2O. The minimum Gasteiger partial charge on any atom is -0.396 e. The monoisotopic (exact) mass is 192 g/mol. The molecule has 1 unspecified atom stereocenters. The molecule has 1 aromatic heterocycles. The molecule has 1 fully saturated rings. The van der Waals surface area contributed by atoms with Crippen molar-refractivity contribution in [2.75, 3.05) is 6.61 Å². The van der Waals surface area contributed by atoms with Crippen molar-refractivity contribution in [1.82, 2.24) is 4.98 Å². The zero-order valence-corrected chi connectivity index (χ0v) is 8.19. The average molecular weight is 192 g/mol. The highest BCUT2D eigenvalue weighted by atomic mass is 16.3. The van der Waals surface area contributed by atoms with Gasteiger partial charge in [-0.05, 0) is 30.5 Å². The largest absolute Gasteiger partial charge is 0.396 e. The quantitative estimate of drug-likeness (QED) is 0.757. The molecule has 0 spiro atoms. The van der Waals surface area contributed by atoms with Crippen LogP contribution >= 0.6 is 0 Å². The van der Waals surface area contributed by atoms with Crippen LogP contribution in [0.25, 0.3) is 0 Å². The van der Waals surface area contributed by atoms with Crippen molar-refractivity contribution in [3.05, 3.63) is 30.1 Å². The zero-order valence-electron chi connectivity index (χ0n) is 8.19. The van der Waals surface area contributed by atoms with Gasteiger partial charge in [0.15, 0.2) is 0 Å². The molecule has 3 nitrogen and oxygen atoms in total. The highest BCUT2D eigenvalue weighted by Crippen LogP contribution is 2.48. The zero-order chi connectivity index (χ0) is 10.0. The van der Waals surface area contributed by atoms with Gasteiger partial charge >= 0.3 is 0 Å². The third kappa shape index (κ3) is 1.42. The summed E-state index contributed by atoms with van der Waals surface area (Å²) in [5, 5.41) is 9.37. The van der Waals surface area contributed by atoms with E-state index in [-0.39, 0.29) is 18.1 Å². The van der Waals surface area contributed by atoms with Crippen molar-refractivity contribution in [1.29, 1.82) is 0 Å².